The minimum atomic E-state index is -5.48. The Bertz CT molecular complexity index is 1880. The molecule has 2 amide bonds. The van der Waals surface area contributed by atoms with Crippen molar-refractivity contribution in [3.63, 3.8) is 0 Å². The molecule has 22 heteroatoms. The minimum Gasteiger partial charge on any atom is -0.744 e. The van der Waals surface area contributed by atoms with Crippen LogP contribution < -0.4 is 99.3 Å². The monoisotopic (exact) mass is 655 g/mol. The van der Waals surface area contributed by atoms with Crippen LogP contribution in [0.15, 0.2) is 57.2 Å². The molecule has 0 aliphatic rings. The van der Waals surface area contributed by atoms with E-state index in [0.717, 1.165) is 19.1 Å². The summed E-state index contributed by atoms with van der Waals surface area (Å²) in [6.45, 7) is 1.01. The van der Waals surface area contributed by atoms with E-state index in [-0.39, 0.29) is 94.4 Å². The van der Waals surface area contributed by atoms with E-state index in [9.17, 15) is 58.6 Å². The number of hydrogen-bond acceptors (Lipinski definition) is 13. The topological polar surface area (TPSA) is 273 Å². The molecule has 3 rings (SSSR count). The first-order valence-electron chi connectivity index (χ1n) is 9.66. The third-order valence-electron chi connectivity index (χ3n) is 4.87. The second-order valence-corrected chi connectivity index (χ2v) is 11.5. The number of nitro groups is 1. The fourth-order valence-corrected chi connectivity index (χ4v) is 5.37. The number of carbonyl (C=O) groups is 2. The summed E-state index contributed by atoms with van der Waals surface area (Å²) >= 11 is 0. The van der Waals surface area contributed by atoms with Crippen LogP contribution in [0.25, 0.3) is 10.8 Å². The molecule has 202 valence electrons. The van der Waals surface area contributed by atoms with E-state index in [2.05, 4.69) is 10.6 Å². The molecule has 0 radical (unpaired) electrons. The summed E-state index contributed by atoms with van der Waals surface area (Å²) in [5.74, 6) is -2.20. The molecule has 3 aromatic rings. The first kappa shape index (κ1) is 40.0. The quantitative estimate of drug-likeness (QED) is 0.104. The summed E-state index contributed by atoms with van der Waals surface area (Å²) in [4.78, 5) is 31.0. The Morgan fingerprint density at radius 3 is 1.76 bits per heavy atom. The fraction of sp³-hybridized carbons (Fsp3) is 0.0526. The van der Waals surface area contributed by atoms with Crippen molar-refractivity contribution in [3.8, 4) is 0 Å². The molecule has 2 N–H and O–H groups in total. The van der Waals surface area contributed by atoms with E-state index >= 15 is 0 Å². The molecule has 0 bridgehead atoms. The summed E-state index contributed by atoms with van der Waals surface area (Å²) in [7, 11) is -16.3. The molecule has 3 aromatic carbocycles. The van der Waals surface area contributed by atoms with E-state index < -0.39 is 89.5 Å². The smallest absolute Gasteiger partial charge is 0.744 e. The van der Waals surface area contributed by atoms with Gasteiger partial charge in [-0.25, -0.2) is 25.3 Å². The Labute approximate surface area is 298 Å². The third kappa shape index (κ3) is 9.49. The average Bonchev–Trinajstić information content (AvgIpc) is 2.77. The van der Waals surface area contributed by atoms with E-state index in [4.69, 9.17) is 0 Å². The molecule has 0 saturated carbocycles. The van der Waals surface area contributed by atoms with Gasteiger partial charge in [0.15, 0.2) is 0 Å². The maximum absolute atomic E-state index is 13.1. The number of rotatable bonds is 7. The number of hydrogen-bond donors (Lipinski definition) is 2. The Morgan fingerprint density at radius 2 is 1.29 bits per heavy atom. The van der Waals surface area contributed by atoms with Crippen LogP contribution in [0.4, 0.5) is 17.1 Å². The van der Waals surface area contributed by atoms with Gasteiger partial charge in [0.1, 0.15) is 30.4 Å². The van der Waals surface area contributed by atoms with Crippen molar-refractivity contribution in [3.05, 3.63) is 58.1 Å². The van der Waals surface area contributed by atoms with Gasteiger partial charge in [-0.05, 0) is 24.3 Å². The Hall–Kier alpha value is -1.01. The molecule has 41 heavy (non-hydrogen) atoms. The zero-order chi connectivity index (χ0) is 28.8. The van der Waals surface area contributed by atoms with Gasteiger partial charge in [0.2, 0.25) is 5.91 Å². The predicted molar refractivity (Wildman–Crippen MR) is 123 cm³/mol. The van der Waals surface area contributed by atoms with Gasteiger partial charge in [-0.2, -0.15) is 0 Å². The number of amides is 2. The van der Waals surface area contributed by atoms with E-state index in [1.807, 2.05) is 0 Å². The molecule has 0 aliphatic carbocycles. The summed E-state index contributed by atoms with van der Waals surface area (Å²) < 4.78 is 106. The number of carbonyl (C=O) groups excluding carboxylic acids is 2. The van der Waals surface area contributed by atoms with Crippen LogP contribution in [-0.4, -0.2) is 55.6 Å². The van der Waals surface area contributed by atoms with Crippen molar-refractivity contribution in [1.82, 2.24) is 0 Å². The van der Waals surface area contributed by atoms with Crippen LogP contribution in [-0.2, 0) is 35.1 Å². The first-order chi connectivity index (χ1) is 17.3. The molecule has 0 heterocycles. The first-order valence-corrected chi connectivity index (χ1v) is 13.9. The average molecular weight is 655 g/mol. The van der Waals surface area contributed by atoms with Gasteiger partial charge in [-0.15, -0.1) is 0 Å². The molecule has 0 saturated heterocycles. The molecule has 0 atom stereocenters. The molecule has 0 aliphatic heterocycles. The maximum atomic E-state index is 13.1. The van der Waals surface area contributed by atoms with Crippen molar-refractivity contribution < 1.29 is 142 Å². The Morgan fingerprint density at radius 1 is 0.732 bits per heavy atom. The summed E-state index contributed by atoms with van der Waals surface area (Å²) in [6.07, 6.45) is 0. The largest absolute Gasteiger partial charge is 1.00 e. The molecule has 0 aromatic heterocycles. The van der Waals surface area contributed by atoms with E-state index in [1.165, 1.54) is 0 Å². The van der Waals surface area contributed by atoms with Crippen molar-refractivity contribution in [2.45, 2.75) is 21.6 Å². The van der Waals surface area contributed by atoms with Gasteiger partial charge < -0.3 is 24.3 Å². The standard InChI is InChI=1S/C19H15N3O13S3.3Na/c1-9(23)20-15-5-4-12-14(7-11(36(27,28)29)8-17(12)38(33,34)35)18(15)21-19(24)13-3-2-10(22(25)26)6-16(13)37(30,31)32;;;/h2-8H,1H3,(H,20,23)(H,21,24)(H,27,28,29)(H,30,31,32)(H,33,34,35);;;/q;3*+1/p-3. The zero-order valence-corrected chi connectivity index (χ0v) is 30.0. The van der Waals surface area contributed by atoms with Crippen LogP contribution in [0.3, 0.4) is 0 Å². The van der Waals surface area contributed by atoms with Gasteiger partial charge in [-0.3, -0.25) is 19.7 Å². The van der Waals surface area contributed by atoms with Crippen LogP contribution >= 0.6 is 0 Å². The number of non-ortho nitro benzene ring substituents is 1. The van der Waals surface area contributed by atoms with Crippen molar-refractivity contribution in [2.24, 2.45) is 0 Å². The molecule has 0 fully saturated rings. The van der Waals surface area contributed by atoms with Gasteiger partial charge in [-0.1, -0.05) is 6.07 Å². The van der Waals surface area contributed by atoms with Crippen molar-refractivity contribution in [2.75, 3.05) is 10.6 Å². The summed E-state index contributed by atoms with van der Waals surface area (Å²) in [5, 5.41) is 14.2. The number of nitrogens with zero attached hydrogens (tertiary/aromatic N) is 1. The van der Waals surface area contributed by atoms with Crippen LogP contribution in [0.2, 0.25) is 0 Å². The summed E-state index contributed by atoms with van der Waals surface area (Å²) in [6, 6.07) is 4.50. The molecular weight excluding hydrogens is 643 g/mol. The fourth-order valence-electron chi connectivity index (χ4n) is 3.35. The summed E-state index contributed by atoms with van der Waals surface area (Å²) in [5.41, 5.74) is -2.71. The van der Waals surface area contributed by atoms with E-state index in [1.54, 1.807) is 0 Å². The molecule has 0 spiro atoms. The molecular formula is C19H12N3Na3O13S3. The normalized spacial score (nSPS) is 11.3. The Balaban J connectivity index is 0.00000533. The number of benzene rings is 3. The third-order valence-corrected chi connectivity index (χ3v) is 7.43. The van der Waals surface area contributed by atoms with Gasteiger partial charge in [0.25, 0.3) is 11.6 Å². The number of anilines is 2. The predicted octanol–water partition coefficient (Wildman–Crippen LogP) is -8.32. The SMILES string of the molecule is CC(=O)Nc1ccc2c(S(=O)(=O)[O-])cc(S(=O)(=O)[O-])cc2c1NC(=O)c1ccc([N+](=O)[O-])cc1S(=O)(=O)[O-].[Na+].[Na+].[Na+]. The number of fused-ring (bicyclic) bond motifs is 1. The van der Waals surface area contributed by atoms with Crippen LogP contribution in [0.5, 0.6) is 0 Å². The molecule has 16 nitrogen and oxygen atoms in total. The van der Waals surface area contributed by atoms with Gasteiger partial charge >= 0.3 is 88.7 Å². The van der Waals surface area contributed by atoms with Crippen molar-refractivity contribution >= 4 is 70.0 Å². The second kappa shape index (κ2) is 14.6. The minimum absolute atomic E-state index is 0. The van der Waals surface area contributed by atoms with Crippen LogP contribution in [0, 0.1) is 10.1 Å². The maximum Gasteiger partial charge on any atom is 1.00 e. The molecule has 0 unspecified atom stereocenters. The van der Waals surface area contributed by atoms with E-state index in [0.29, 0.717) is 30.3 Å². The number of nitrogens with one attached hydrogen (secondary N) is 2. The van der Waals surface area contributed by atoms with Crippen molar-refractivity contribution in [1.29, 1.82) is 0 Å². The zero-order valence-electron chi connectivity index (χ0n) is 21.5. The van der Waals surface area contributed by atoms with Crippen LogP contribution in [0.1, 0.15) is 17.3 Å². The van der Waals surface area contributed by atoms with Gasteiger partial charge in [0, 0.05) is 29.8 Å². The second-order valence-electron chi connectivity index (χ2n) is 7.44. The number of nitro benzene ring substituents is 1. The Kier molecular flexibility index (Phi) is 14.3. The van der Waals surface area contributed by atoms with Gasteiger partial charge in [0.05, 0.1) is 36.5 Å².